The summed E-state index contributed by atoms with van der Waals surface area (Å²) < 4.78 is 18.8. The molecule has 0 bridgehead atoms. The van der Waals surface area contributed by atoms with E-state index in [0.717, 1.165) is 23.9 Å². The van der Waals surface area contributed by atoms with E-state index in [1.54, 1.807) is 6.07 Å². The zero-order valence-corrected chi connectivity index (χ0v) is 11.8. The number of fused-ring (bicyclic) bond motifs is 1. The predicted molar refractivity (Wildman–Crippen MR) is 75.9 cm³/mol. The topological polar surface area (TPSA) is 54.3 Å². The van der Waals surface area contributed by atoms with Gasteiger partial charge in [0.2, 0.25) is 5.91 Å². The molecule has 0 aliphatic rings. The van der Waals surface area contributed by atoms with Crippen LogP contribution in [0.2, 0.25) is 0 Å². The van der Waals surface area contributed by atoms with Crippen molar-refractivity contribution in [3.63, 3.8) is 0 Å². The van der Waals surface area contributed by atoms with Gasteiger partial charge in [-0.2, -0.15) is 0 Å². The van der Waals surface area contributed by atoms with Crippen molar-refractivity contribution in [3.8, 4) is 0 Å². The van der Waals surface area contributed by atoms with E-state index in [-0.39, 0.29) is 11.7 Å². The Balaban J connectivity index is 1.99. The van der Waals surface area contributed by atoms with Crippen LogP contribution in [0, 0.1) is 12.7 Å². The maximum absolute atomic E-state index is 13.2. The monoisotopic (exact) mass is 278 g/mol. The van der Waals surface area contributed by atoms with Gasteiger partial charge >= 0.3 is 0 Å². The normalized spacial score (nSPS) is 10.9. The quantitative estimate of drug-likeness (QED) is 0.798. The molecule has 1 aromatic heterocycles. The van der Waals surface area contributed by atoms with Crippen molar-refractivity contribution in [3.05, 3.63) is 35.3 Å². The van der Waals surface area contributed by atoms with Crippen LogP contribution in [0.4, 0.5) is 4.39 Å². The summed E-state index contributed by atoms with van der Waals surface area (Å²) in [6, 6.07) is 4.42. The molecular formula is C15H19FN2O2. The number of nitrogens with one attached hydrogen (secondary N) is 2. The molecule has 0 saturated heterocycles. The fourth-order valence-electron chi connectivity index (χ4n) is 2.11. The predicted octanol–water partition coefficient (Wildman–Crippen LogP) is 2.50. The van der Waals surface area contributed by atoms with Crippen LogP contribution in [0.15, 0.2) is 22.6 Å². The number of hydrogen-bond acceptors (Lipinski definition) is 3. The molecule has 1 amide bonds. The number of halogens is 1. The zero-order chi connectivity index (χ0) is 14.5. The number of furan rings is 1. The smallest absolute Gasteiger partial charge is 0.220 e. The van der Waals surface area contributed by atoms with Gasteiger partial charge in [0.05, 0.1) is 6.54 Å². The van der Waals surface area contributed by atoms with Crippen LogP contribution in [0.25, 0.3) is 11.0 Å². The second kappa shape index (κ2) is 6.52. The first-order chi connectivity index (χ1) is 9.61. The molecule has 2 aromatic rings. The molecule has 5 heteroatoms. The Bertz CT molecular complexity index is 607. The first-order valence-corrected chi connectivity index (χ1v) is 6.70. The van der Waals surface area contributed by atoms with Gasteiger partial charge in [0, 0.05) is 17.4 Å². The van der Waals surface area contributed by atoms with Gasteiger partial charge < -0.3 is 15.1 Å². The number of hydrogen-bond donors (Lipinski definition) is 2. The Kier molecular flexibility index (Phi) is 4.74. The standard InChI is InChI=1S/C15H19FN2O2/c1-10-12-8-11(16)5-6-13(12)20-14(10)9-18-15(19)4-3-7-17-2/h5-6,8,17H,3-4,7,9H2,1-2H3,(H,18,19). The van der Waals surface area contributed by atoms with Crippen LogP contribution in [0.5, 0.6) is 0 Å². The van der Waals surface area contributed by atoms with E-state index in [1.165, 1.54) is 12.1 Å². The molecule has 0 aliphatic carbocycles. The van der Waals surface area contributed by atoms with Crippen LogP contribution in [-0.2, 0) is 11.3 Å². The fourth-order valence-corrected chi connectivity index (χ4v) is 2.11. The number of carbonyl (C=O) groups excluding carboxylic acids is 1. The highest BCUT2D eigenvalue weighted by atomic mass is 19.1. The van der Waals surface area contributed by atoms with Crippen molar-refractivity contribution in [1.82, 2.24) is 10.6 Å². The second-order valence-electron chi connectivity index (χ2n) is 4.77. The number of carbonyl (C=O) groups is 1. The van der Waals surface area contributed by atoms with Crippen LogP contribution >= 0.6 is 0 Å². The minimum atomic E-state index is -0.288. The van der Waals surface area contributed by atoms with Crippen molar-refractivity contribution < 1.29 is 13.6 Å². The molecule has 2 N–H and O–H groups in total. The Morgan fingerprint density at radius 2 is 2.20 bits per heavy atom. The van der Waals surface area contributed by atoms with Crippen LogP contribution in [-0.4, -0.2) is 19.5 Å². The van der Waals surface area contributed by atoms with E-state index in [9.17, 15) is 9.18 Å². The number of amides is 1. The van der Waals surface area contributed by atoms with Gasteiger partial charge in [0.25, 0.3) is 0 Å². The van der Waals surface area contributed by atoms with Crippen molar-refractivity contribution >= 4 is 16.9 Å². The van der Waals surface area contributed by atoms with Gasteiger partial charge in [-0.25, -0.2) is 4.39 Å². The average molecular weight is 278 g/mol. The molecule has 0 fully saturated rings. The minimum Gasteiger partial charge on any atom is -0.459 e. The van der Waals surface area contributed by atoms with Crippen molar-refractivity contribution in [1.29, 1.82) is 0 Å². The molecule has 0 saturated carbocycles. The number of benzene rings is 1. The summed E-state index contributed by atoms with van der Waals surface area (Å²) in [4.78, 5) is 11.6. The lowest BCUT2D eigenvalue weighted by atomic mass is 10.1. The van der Waals surface area contributed by atoms with Crippen molar-refractivity contribution in [2.75, 3.05) is 13.6 Å². The lowest BCUT2D eigenvalue weighted by Gasteiger charge is -2.03. The van der Waals surface area contributed by atoms with Gasteiger partial charge in [-0.15, -0.1) is 0 Å². The second-order valence-corrected chi connectivity index (χ2v) is 4.77. The molecule has 20 heavy (non-hydrogen) atoms. The molecule has 1 aromatic carbocycles. The van der Waals surface area contributed by atoms with Crippen molar-refractivity contribution in [2.24, 2.45) is 0 Å². The number of rotatable bonds is 6. The van der Waals surface area contributed by atoms with Gasteiger partial charge in [0.1, 0.15) is 17.2 Å². The minimum absolute atomic E-state index is 0.00807. The average Bonchev–Trinajstić information content (AvgIpc) is 2.74. The lowest BCUT2D eigenvalue weighted by molar-refractivity contribution is -0.121. The van der Waals surface area contributed by atoms with Crippen LogP contribution < -0.4 is 10.6 Å². The third-order valence-electron chi connectivity index (χ3n) is 3.27. The van der Waals surface area contributed by atoms with E-state index in [1.807, 2.05) is 14.0 Å². The Morgan fingerprint density at radius 1 is 1.40 bits per heavy atom. The molecule has 0 unspecified atom stereocenters. The molecule has 0 radical (unpaired) electrons. The zero-order valence-electron chi connectivity index (χ0n) is 11.8. The molecule has 0 spiro atoms. The third-order valence-corrected chi connectivity index (χ3v) is 3.27. The van der Waals surface area contributed by atoms with Crippen LogP contribution in [0.1, 0.15) is 24.2 Å². The molecule has 4 nitrogen and oxygen atoms in total. The molecular weight excluding hydrogens is 259 g/mol. The Hall–Kier alpha value is -1.88. The molecule has 1 heterocycles. The summed E-state index contributed by atoms with van der Waals surface area (Å²) in [5, 5.41) is 6.57. The summed E-state index contributed by atoms with van der Waals surface area (Å²) in [6.45, 7) is 3.02. The summed E-state index contributed by atoms with van der Waals surface area (Å²) in [5.41, 5.74) is 1.51. The van der Waals surface area contributed by atoms with Gasteiger partial charge in [-0.05, 0) is 45.1 Å². The molecule has 2 rings (SSSR count). The highest BCUT2D eigenvalue weighted by Crippen LogP contribution is 2.25. The number of aryl methyl sites for hydroxylation is 1. The van der Waals surface area contributed by atoms with Crippen molar-refractivity contribution in [2.45, 2.75) is 26.3 Å². The molecule has 108 valence electrons. The van der Waals surface area contributed by atoms with Gasteiger partial charge in [0.15, 0.2) is 0 Å². The van der Waals surface area contributed by atoms with E-state index >= 15 is 0 Å². The van der Waals surface area contributed by atoms with E-state index < -0.39 is 0 Å². The SMILES string of the molecule is CNCCCC(=O)NCc1oc2ccc(F)cc2c1C. The highest BCUT2D eigenvalue weighted by Gasteiger charge is 2.12. The third kappa shape index (κ3) is 3.36. The van der Waals surface area contributed by atoms with E-state index in [0.29, 0.717) is 24.3 Å². The highest BCUT2D eigenvalue weighted by molar-refractivity contribution is 5.82. The lowest BCUT2D eigenvalue weighted by Crippen LogP contribution is -2.23. The summed E-state index contributed by atoms with van der Waals surface area (Å²) in [6.07, 6.45) is 1.28. The summed E-state index contributed by atoms with van der Waals surface area (Å²) in [7, 11) is 1.86. The maximum Gasteiger partial charge on any atom is 0.220 e. The largest absolute Gasteiger partial charge is 0.459 e. The molecule has 0 atom stereocenters. The summed E-state index contributed by atoms with van der Waals surface area (Å²) >= 11 is 0. The first kappa shape index (κ1) is 14.5. The summed E-state index contributed by atoms with van der Waals surface area (Å²) in [5.74, 6) is 0.378. The molecule has 0 aliphatic heterocycles. The first-order valence-electron chi connectivity index (χ1n) is 6.70. The van der Waals surface area contributed by atoms with Crippen LogP contribution in [0.3, 0.4) is 0 Å². The fraction of sp³-hybridized carbons (Fsp3) is 0.400. The Morgan fingerprint density at radius 3 is 2.95 bits per heavy atom. The van der Waals surface area contributed by atoms with E-state index in [4.69, 9.17) is 4.42 Å². The Labute approximate surface area is 117 Å². The van der Waals surface area contributed by atoms with Gasteiger partial charge in [-0.1, -0.05) is 0 Å². The maximum atomic E-state index is 13.2. The van der Waals surface area contributed by atoms with E-state index in [2.05, 4.69) is 10.6 Å². The van der Waals surface area contributed by atoms with Gasteiger partial charge in [-0.3, -0.25) is 4.79 Å².